The van der Waals surface area contributed by atoms with Crippen LogP contribution >= 0.6 is 0 Å². The molecule has 0 bridgehead atoms. The lowest BCUT2D eigenvalue weighted by Gasteiger charge is -1.96. The van der Waals surface area contributed by atoms with E-state index in [0.717, 1.165) is 5.39 Å². The molecular weight excluding hydrogens is 277 g/mol. The number of nitrogens with zero attached hydrogens (tertiary/aromatic N) is 1. The Labute approximate surface area is 125 Å². The van der Waals surface area contributed by atoms with Gasteiger partial charge in [-0.2, -0.15) is 0 Å². The van der Waals surface area contributed by atoms with Crippen molar-refractivity contribution in [1.29, 1.82) is 0 Å². The first-order valence-corrected chi connectivity index (χ1v) is 5.47. The minimum atomic E-state index is -1.08. The molecule has 103 valence electrons. The molecule has 2 aromatic rings. The van der Waals surface area contributed by atoms with Gasteiger partial charge in [-0.25, -0.2) is 0 Å². The van der Waals surface area contributed by atoms with Gasteiger partial charge in [0.1, 0.15) is 11.3 Å². The molecule has 1 heterocycles. The van der Waals surface area contributed by atoms with E-state index in [-0.39, 0.29) is 36.0 Å². The first kappa shape index (κ1) is 17.9. The highest BCUT2D eigenvalue weighted by molar-refractivity contribution is 5.83. The summed E-state index contributed by atoms with van der Waals surface area (Å²) in [5, 5.41) is 26.1. The Kier molecular flexibility index (Phi) is 7.98. The highest BCUT2D eigenvalue weighted by atomic mass is 27.0. The summed E-state index contributed by atoms with van der Waals surface area (Å²) in [6.45, 7) is 0. The second kappa shape index (κ2) is 8.91. The van der Waals surface area contributed by atoms with E-state index in [9.17, 15) is 14.7 Å². The van der Waals surface area contributed by atoms with Crippen molar-refractivity contribution in [3.05, 3.63) is 36.5 Å². The number of aromatic hydroxyl groups is 1. The van der Waals surface area contributed by atoms with Crippen molar-refractivity contribution < 1.29 is 24.9 Å². The molecule has 1 aromatic carbocycles. The number of carbonyl (C=O) groups is 2. The van der Waals surface area contributed by atoms with Gasteiger partial charge in [-0.1, -0.05) is 18.2 Å². The van der Waals surface area contributed by atoms with Gasteiger partial charge in [-0.05, 0) is 12.1 Å². The smallest absolute Gasteiger partial charge is 0.303 e. The van der Waals surface area contributed by atoms with Crippen molar-refractivity contribution in [2.45, 2.75) is 12.8 Å². The molecule has 0 aliphatic heterocycles. The van der Waals surface area contributed by atoms with Gasteiger partial charge in [0.25, 0.3) is 0 Å². The zero-order valence-electron chi connectivity index (χ0n) is 10.6. The highest BCUT2D eigenvalue weighted by Gasteiger charge is 2.00. The van der Waals surface area contributed by atoms with Crippen LogP contribution < -0.4 is 0 Å². The van der Waals surface area contributed by atoms with Crippen LogP contribution in [-0.4, -0.2) is 49.6 Å². The Hall–Kier alpha value is -2.10. The molecule has 0 spiro atoms. The lowest BCUT2D eigenvalue weighted by molar-refractivity contribution is -0.143. The maximum absolute atomic E-state index is 9.64. The fourth-order valence-corrected chi connectivity index (χ4v) is 1.30. The molecule has 0 saturated carbocycles. The Morgan fingerprint density at radius 2 is 1.55 bits per heavy atom. The summed E-state index contributed by atoms with van der Waals surface area (Å²) < 4.78 is 0. The molecule has 7 heteroatoms. The first-order chi connectivity index (χ1) is 9.00. The standard InChI is InChI=1S/C9H7NO.C4H6O4.Al/c11-8-5-1-3-7-4-2-6-10-9(7)8;5-3(6)1-2-4(7)8;/h1-6,11H;1-2H2,(H,5,6)(H,7,8);. The summed E-state index contributed by atoms with van der Waals surface area (Å²) in [6, 6.07) is 9.13. The van der Waals surface area contributed by atoms with Crippen LogP contribution in [-0.2, 0) is 9.59 Å². The van der Waals surface area contributed by atoms with Crippen LogP contribution in [0, 0.1) is 0 Å². The van der Waals surface area contributed by atoms with E-state index < -0.39 is 11.9 Å². The second-order valence-electron chi connectivity index (χ2n) is 3.64. The van der Waals surface area contributed by atoms with Crippen LogP contribution in [0.4, 0.5) is 0 Å². The van der Waals surface area contributed by atoms with Crippen LogP contribution in [0.1, 0.15) is 12.8 Å². The lowest BCUT2D eigenvalue weighted by Crippen LogP contribution is -2.00. The molecule has 6 nitrogen and oxygen atoms in total. The lowest BCUT2D eigenvalue weighted by atomic mass is 10.2. The number of aromatic nitrogens is 1. The Morgan fingerprint density at radius 3 is 2.05 bits per heavy atom. The quantitative estimate of drug-likeness (QED) is 0.739. The first-order valence-electron chi connectivity index (χ1n) is 5.47. The highest BCUT2D eigenvalue weighted by Crippen LogP contribution is 2.20. The van der Waals surface area contributed by atoms with Crippen molar-refractivity contribution in [2.75, 3.05) is 0 Å². The van der Waals surface area contributed by atoms with Crippen LogP contribution in [0.2, 0.25) is 0 Å². The number of para-hydroxylation sites is 1. The zero-order valence-corrected chi connectivity index (χ0v) is 11.7. The number of rotatable bonds is 3. The Morgan fingerprint density at radius 1 is 1.00 bits per heavy atom. The summed E-state index contributed by atoms with van der Waals surface area (Å²) >= 11 is 0. The second-order valence-corrected chi connectivity index (χ2v) is 3.64. The maximum atomic E-state index is 9.64. The largest absolute Gasteiger partial charge is 0.506 e. The topological polar surface area (TPSA) is 108 Å². The van der Waals surface area contributed by atoms with Gasteiger partial charge >= 0.3 is 11.9 Å². The fourth-order valence-electron chi connectivity index (χ4n) is 1.30. The molecular formula is C13H13AlNO5. The van der Waals surface area contributed by atoms with E-state index in [4.69, 9.17) is 10.2 Å². The Bertz CT molecular complexity index is 568. The normalized spacial score (nSPS) is 9.00. The van der Waals surface area contributed by atoms with Crippen molar-refractivity contribution in [1.82, 2.24) is 4.98 Å². The van der Waals surface area contributed by atoms with Gasteiger partial charge in [0.2, 0.25) is 0 Å². The van der Waals surface area contributed by atoms with Crippen LogP contribution in [0.3, 0.4) is 0 Å². The number of carboxylic acids is 2. The summed E-state index contributed by atoms with van der Waals surface area (Å²) in [4.78, 5) is 23.3. The Balaban J connectivity index is 0.000000364. The van der Waals surface area contributed by atoms with Crippen molar-refractivity contribution in [3.63, 3.8) is 0 Å². The molecule has 0 aliphatic carbocycles. The summed E-state index contributed by atoms with van der Waals surface area (Å²) in [6.07, 6.45) is 1.08. The van der Waals surface area contributed by atoms with Gasteiger partial charge in [0, 0.05) is 28.9 Å². The maximum Gasteiger partial charge on any atom is 0.303 e. The third-order valence-electron chi connectivity index (χ3n) is 2.16. The molecule has 3 radical (unpaired) electrons. The van der Waals surface area contributed by atoms with Crippen LogP contribution in [0.5, 0.6) is 5.75 Å². The fraction of sp³-hybridized carbons (Fsp3) is 0.154. The number of hydrogen-bond donors (Lipinski definition) is 3. The van der Waals surface area contributed by atoms with E-state index in [1.54, 1.807) is 18.3 Å². The van der Waals surface area contributed by atoms with E-state index in [1.165, 1.54) is 0 Å². The molecule has 0 amide bonds. The number of hydrogen-bond acceptors (Lipinski definition) is 4. The molecule has 0 atom stereocenters. The van der Waals surface area contributed by atoms with Gasteiger partial charge in [0.15, 0.2) is 0 Å². The van der Waals surface area contributed by atoms with Gasteiger partial charge in [-0.3, -0.25) is 14.6 Å². The van der Waals surface area contributed by atoms with Crippen molar-refractivity contribution >= 4 is 40.2 Å². The number of aliphatic carboxylic acids is 2. The molecule has 1 aromatic heterocycles. The SMILES string of the molecule is O=C(O)CCC(=O)O.Oc1cccc2cccnc12.[Al]. The van der Waals surface area contributed by atoms with E-state index in [0.29, 0.717) is 5.52 Å². The van der Waals surface area contributed by atoms with E-state index in [2.05, 4.69) is 4.98 Å². The van der Waals surface area contributed by atoms with E-state index in [1.807, 2.05) is 18.2 Å². The van der Waals surface area contributed by atoms with Crippen LogP contribution in [0.25, 0.3) is 10.9 Å². The monoisotopic (exact) mass is 290 g/mol. The van der Waals surface area contributed by atoms with Gasteiger partial charge in [0.05, 0.1) is 12.8 Å². The van der Waals surface area contributed by atoms with Crippen LogP contribution in [0.15, 0.2) is 36.5 Å². The average Bonchev–Trinajstić information content (AvgIpc) is 2.38. The third-order valence-corrected chi connectivity index (χ3v) is 2.16. The van der Waals surface area contributed by atoms with Crippen molar-refractivity contribution in [3.8, 4) is 5.75 Å². The number of benzene rings is 1. The average molecular weight is 290 g/mol. The molecule has 0 saturated heterocycles. The summed E-state index contributed by atoms with van der Waals surface area (Å²) in [5.41, 5.74) is 0.662. The molecule has 0 aliphatic rings. The van der Waals surface area contributed by atoms with Gasteiger partial charge < -0.3 is 15.3 Å². The molecule has 0 unspecified atom stereocenters. The third kappa shape index (κ3) is 6.18. The number of phenolic OH excluding ortho intramolecular Hbond substituents is 1. The predicted molar refractivity (Wildman–Crippen MR) is 73.7 cm³/mol. The molecule has 3 N–H and O–H groups in total. The van der Waals surface area contributed by atoms with E-state index >= 15 is 0 Å². The zero-order chi connectivity index (χ0) is 14.3. The molecule has 0 fully saturated rings. The minimum Gasteiger partial charge on any atom is -0.506 e. The molecule has 2 rings (SSSR count). The van der Waals surface area contributed by atoms with Gasteiger partial charge in [-0.15, -0.1) is 0 Å². The number of phenols is 1. The predicted octanol–water partition coefficient (Wildman–Crippen LogP) is 1.50. The number of pyridine rings is 1. The minimum absolute atomic E-state index is 0. The number of carboxylic acid groups (broad SMARTS) is 2. The van der Waals surface area contributed by atoms with Crippen molar-refractivity contribution in [2.24, 2.45) is 0 Å². The molecule has 20 heavy (non-hydrogen) atoms. The summed E-state index contributed by atoms with van der Waals surface area (Å²) in [7, 11) is 0. The number of fused-ring (bicyclic) bond motifs is 1. The summed E-state index contributed by atoms with van der Waals surface area (Å²) in [5.74, 6) is -1.91.